The number of carbonyl (C=O) groups is 2. The summed E-state index contributed by atoms with van der Waals surface area (Å²) in [5, 5.41) is 7.79. The Balaban J connectivity index is 1.50. The van der Waals surface area contributed by atoms with Gasteiger partial charge < -0.3 is 14.6 Å². The average molecular weight is 465 g/mol. The molecule has 34 heavy (non-hydrogen) atoms. The molecule has 5 rings (SSSR count). The molecule has 7 nitrogen and oxygen atoms in total. The van der Waals surface area contributed by atoms with E-state index in [2.05, 4.69) is 10.4 Å². The number of carbonyl (C=O) groups excluding carboxylic acids is 2. The van der Waals surface area contributed by atoms with Crippen LogP contribution in [-0.2, 0) is 17.9 Å². The summed E-state index contributed by atoms with van der Waals surface area (Å²) in [5.41, 5.74) is 0.353. The fraction of sp³-hybridized carbons (Fsp3) is 0.423. The molecule has 0 saturated heterocycles. The van der Waals surface area contributed by atoms with Crippen LogP contribution < -0.4 is 5.32 Å². The number of aromatic nitrogens is 2. The maximum Gasteiger partial charge on any atom is 0.273 e. The first-order valence-electron chi connectivity index (χ1n) is 11.9. The third-order valence-electron chi connectivity index (χ3n) is 6.98. The third kappa shape index (κ3) is 4.24. The predicted octanol–water partition coefficient (Wildman–Crippen LogP) is 4.54. The summed E-state index contributed by atoms with van der Waals surface area (Å²) in [5.74, 6) is -0.350. The van der Waals surface area contributed by atoms with Gasteiger partial charge in [-0.1, -0.05) is 37.8 Å². The normalized spacial score (nSPS) is 21.2. The van der Waals surface area contributed by atoms with Gasteiger partial charge in [-0.05, 0) is 49.6 Å². The minimum Gasteiger partial charge on any atom is -0.463 e. The van der Waals surface area contributed by atoms with Gasteiger partial charge >= 0.3 is 0 Å². The van der Waals surface area contributed by atoms with E-state index in [4.69, 9.17) is 4.42 Å². The molecule has 1 N–H and O–H groups in total. The van der Waals surface area contributed by atoms with E-state index in [1.807, 2.05) is 0 Å². The molecule has 1 aromatic carbocycles. The highest BCUT2D eigenvalue weighted by Crippen LogP contribution is 2.32. The van der Waals surface area contributed by atoms with Crippen molar-refractivity contribution in [3.63, 3.8) is 0 Å². The molecule has 0 unspecified atom stereocenters. The quantitative estimate of drug-likeness (QED) is 0.563. The highest BCUT2D eigenvalue weighted by atomic mass is 19.1. The molecule has 1 fully saturated rings. The lowest BCUT2D eigenvalue weighted by molar-refractivity contribution is -0.134. The first kappa shape index (κ1) is 22.4. The van der Waals surface area contributed by atoms with Gasteiger partial charge in [0.2, 0.25) is 5.91 Å². The zero-order chi connectivity index (χ0) is 23.7. The molecule has 0 radical (unpaired) electrons. The Morgan fingerprint density at radius 2 is 1.97 bits per heavy atom. The molecular formula is C26H29FN4O3. The zero-order valence-corrected chi connectivity index (χ0v) is 19.3. The lowest BCUT2D eigenvalue weighted by atomic mass is 9.93. The minimum absolute atomic E-state index is 0.0932. The lowest BCUT2D eigenvalue weighted by Gasteiger charge is -2.44. The summed E-state index contributed by atoms with van der Waals surface area (Å²) in [6.45, 7) is 2.09. The number of halogens is 1. The van der Waals surface area contributed by atoms with E-state index in [9.17, 15) is 14.0 Å². The third-order valence-corrected chi connectivity index (χ3v) is 6.98. The van der Waals surface area contributed by atoms with Gasteiger partial charge in [-0.25, -0.2) is 4.39 Å². The van der Waals surface area contributed by atoms with Crippen LogP contribution in [0, 0.1) is 5.82 Å². The smallest absolute Gasteiger partial charge is 0.273 e. The zero-order valence-electron chi connectivity index (χ0n) is 19.3. The molecular weight excluding hydrogens is 435 g/mol. The van der Waals surface area contributed by atoms with Crippen molar-refractivity contribution in [2.24, 2.45) is 0 Å². The van der Waals surface area contributed by atoms with Gasteiger partial charge in [0, 0.05) is 18.7 Å². The molecule has 8 heteroatoms. The Labute approximate surface area is 197 Å². The maximum atomic E-state index is 13.9. The van der Waals surface area contributed by atoms with Crippen molar-refractivity contribution in [1.29, 1.82) is 0 Å². The van der Waals surface area contributed by atoms with Gasteiger partial charge in [0.25, 0.3) is 5.91 Å². The molecule has 0 spiro atoms. The van der Waals surface area contributed by atoms with E-state index in [0.717, 1.165) is 25.7 Å². The molecule has 2 aliphatic rings. The van der Waals surface area contributed by atoms with Crippen molar-refractivity contribution < 1.29 is 18.4 Å². The number of nitrogens with one attached hydrogen (secondary N) is 1. The van der Waals surface area contributed by atoms with E-state index >= 15 is 0 Å². The van der Waals surface area contributed by atoms with Crippen LogP contribution in [0.1, 0.15) is 61.5 Å². The molecule has 0 bridgehead atoms. The largest absolute Gasteiger partial charge is 0.463 e. The maximum absolute atomic E-state index is 13.9. The number of furan rings is 1. The summed E-state index contributed by atoms with van der Waals surface area (Å²) in [6.07, 6.45) is 7.97. The monoisotopic (exact) mass is 464 g/mol. The van der Waals surface area contributed by atoms with E-state index in [1.54, 1.807) is 53.1 Å². The molecule has 1 saturated carbocycles. The Kier molecular flexibility index (Phi) is 5.98. The van der Waals surface area contributed by atoms with Gasteiger partial charge in [0.15, 0.2) is 5.76 Å². The molecule has 1 aliphatic heterocycles. The van der Waals surface area contributed by atoms with Crippen molar-refractivity contribution >= 4 is 11.8 Å². The molecule has 1 aliphatic carbocycles. The van der Waals surface area contributed by atoms with Crippen molar-refractivity contribution in [3.05, 3.63) is 65.8 Å². The van der Waals surface area contributed by atoms with Crippen molar-refractivity contribution in [2.75, 3.05) is 0 Å². The Morgan fingerprint density at radius 3 is 2.68 bits per heavy atom. The Morgan fingerprint density at radius 1 is 1.18 bits per heavy atom. The van der Waals surface area contributed by atoms with Crippen LogP contribution in [0.3, 0.4) is 0 Å². The van der Waals surface area contributed by atoms with Gasteiger partial charge in [0.1, 0.15) is 22.7 Å². The second kappa shape index (κ2) is 9.08. The van der Waals surface area contributed by atoms with Crippen LogP contribution in [0.2, 0.25) is 0 Å². The number of fused-ring (bicyclic) bond motifs is 1. The topological polar surface area (TPSA) is 80.4 Å². The van der Waals surface area contributed by atoms with E-state index < -0.39 is 5.54 Å². The number of nitrogens with zero attached hydrogens (tertiary/aromatic N) is 3. The highest BCUT2D eigenvalue weighted by Gasteiger charge is 2.48. The van der Waals surface area contributed by atoms with Gasteiger partial charge in [-0.2, -0.15) is 5.10 Å². The Hall–Kier alpha value is -3.42. The summed E-state index contributed by atoms with van der Waals surface area (Å²) >= 11 is 0. The molecule has 3 heterocycles. The first-order chi connectivity index (χ1) is 16.4. The SMILES string of the molecule is C[C@]1(C(=O)NC2CCCCCC2)Cn2nc(-c3ccco3)cc2C(=O)N1Cc1cccc(F)c1. The highest BCUT2D eigenvalue weighted by molar-refractivity contribution is 6.00. The van der Waals surface area contributed by atoms with Crippen LogP contribution in [-0.4, -0.2) is 38.1 Å². The Bertz CT molecular complexity index is 1180. The number of benzene rings is 1. The molecule has 1 atom stereocenters. The fourth-order valence-corrected chi connectivity index (χ4v) is 5.02. The predicted molar refractivity (Wildman–Crippen MR) is 124 cm³/mol. The summed E-state index contributed by atoms with van der Waals surface area (Å²) in [6, 6.07) is 11.5. The number of rotatable bonds is 5. The standard InChI is InChI=1S/C26H29FN4O3/c1-26(25(33)28-20-10-4-2-3-5-11-20)17-31-22(15-21(29-31)23-12-7-13-34-23)24(32)30(26)16-18-8-6-9-19(27)14-18/h6-9,12-15,20H,2-5,10-11,16-17H2,1H3,(H,28,33)/t26-/m1/s1. The molecule has 3 aromatic rings. The van der Waals surface area contributed by atoms with Gasteiger partial charge in [-0.15, -0.1) is 0 Å². The van der Waals surface area contributed by atoms with Gasteiger partial charge in [0.05, 0.1) is 12.8 Å². The lowest BCUT2D eigenvalue weighted by Crippen LogP contribution is -2.64. The number of hydrogen-bond acceptors (Lipinski definition) is 4. The summed E-state index contributed by atoms with van der Waals surface area (Å²) in [4.78, 5) is 29.0. The van der Waals surface area contributed by atoms with Crippen LogP contribution in [0.5, 0.6) is 0 Å². The van der Waals surface area contributed by atoms with Crippen molar-refractivity contribution in [3.8, 4) is 11.5 Å². The molecule has 2 aromatic heterocycles. The van der Waals surface area contributed by atoms with E-state index in [0.29, 0.717) is 22.7 Å². The molecule has 178 valence electrons. The second-order valence-electron chi connectivity index (χ2n) is 9.51. The fourth-order valence-electron chi connectivity index (χ4n) is 5.02. The minimum atomic E-state index is -1.19. The van der Waals surface area contributed by atoms with Crippen LogP contribution in [0.15, 0.2) is 53.1 Å². The summed E-state index contributed by atoms with van der Waals surface area (Å²) in [7, 11) is 0. The van der Waals surface area contributed by atoms with Crippen LogP contribution in [0.25, 0.3) is 11.5 Å². The van der Waals surface area contributed by atoms with Crippen molar-refractivity contribution in [1.82, 2.24) is 20.0 Å². The van der Waals surface area contributed by atoms with Crippen LogP contribution >= 0.6 is 0 Å². The van der Waals surface area contributed by atoms with Gasteiger partial charge in [-0.3, -0.25) is 14.3 Å². The van der Waals surface area contributed by atoms with Crippen molar-refractivity contribution in [2.45, 2.75) is 70.1 Å². The van der Waals surface area contributed by atoms with Crippen LogP contribution in [0.4, 0.5) is 4.39 Å². The first-order valence-corrected chi connectivity index (χ1v) is 11.9. The number of hydrogen-bond donors (Lipinski definition) is 1. The average Bonchev–Trinajstić information content (AvgIpc) is 3.42. The van der Waals surface area contributed by atoms with E-state index in [-0.39, 0.29) is 36.8 Å². The summed E-state index contributed by atoms with van der Waals surface area (Å²) < 4.78 is 21.0. The molecule has 2 amide bonds. The number of amides is 2. The van der Waals surface area contributed by atoms with E-state index in [1.165, 1.54) is 25.0 Å². The second-order valence-corrected chi connectivity index (χ2v) is 9.51.